The molecule has 100 valence electrons. The highest BCUT2D eigenvalue weighted by molar-refractivity contribution is 9.10. The quantitative estimate of drug-likeness (QED) is 0.642. The molecule has 1 heterocycles. The highest BCUT2D eigenvalue weighted by Crippen LogP contribution is 2.23. The topological polar surface area (TPSA) is 95.2 Å². The zero-order valence-corrected chi connectivity index (χ0v) is 11.7. The van der Waals surface area contributed by atoms with Gasteiger partial charge in [0.25, 0.3) is 0 Å². The van der Waals surface area contributed by atoms with E-state index < -0.39 is 0 Å². The van der Waals surface area contributed by atoms with E-state index in [0.717, 1.165) is 4.47 Å². The van der Waals surface area contributed by atoms with E-state index >= 15 is 0 Å². The molecule has 0 radical (unpaired) electrons. The number of halogens is 1. The molecule has 0 unspecified atom stereocenters. The number of nitrogens with one attached hydrogen (secondary N) is 1. The van der Waals surface area contributed by atoms with E-state index in [-0.39, 0.29) is 18.0 Å². The van der Waals surface area contributed by atoms with Crippen LogP contribution in [0.15, 0.2) is 28.7 Å². The number of anilines is 1. The third-order valence-corrected chi connectivity index (χ3v) is 2.50. The van der Waals surface area contributed by atoms with Crippen molar-refractivity contribution in [1.29, 1.82) is 0 Å². The molecule has 7 nitrogen and oxygen atoms in total. The van der Waals surface area contributed by atoms with Gasteiger partial charge >= 0.3 is 12.0 Å². The highest BCUT2D eigenvalue weighted by Gasteiger charge is 2.08. The van der Waals surface area contributed by atoms with Crippen LogP contribution in [0.4, 0.5) is 5.95 Å². The van der Waals surface area contributed by atoms with Gasteiger partial charge in [-0.15, -0.1) is 4.98 Å². The predicted molar refractivity (Wildman–Crippen MR) is 73.0 cm³/mol. The third-order valence-electron chi connectivity index (χ3n) is 2.00. The molecule has 0 atom stereocenters. The number of hydrazine groups is 1. The molecule has 8 heteroatoms. The molecule has 19 heavy (non-hydrogen) atoms. The minimum atomic E-state index is 0.101. The molecule has 0 saturated heterocycles. The smallest absolute Gasteiger partial charge is 0.330 e. The molecule has 1 aromatic heterocycles. The van der Waals surface area contributed by atoms with Crippen molar-refractivity contribution in [2.24, 2.45) is 5.84 Å². The van der Waals surface area contributed by atoms with Crippen molar-refractivity contribution in [2.45, 2.75) is 6.92 Å². The lowest BCUT2D eigenvalue weighted by molar-refractivity contribution is 0.304. The summed E-state index contributed by atoms with van der Waals surface area (Å²) >= 11 is 3.35. The van der Waals surface area contributed by atoms with Crippen LogP contribution in [0, 0.1) is 0 Å². The van der Waals surface area contributed by atoms with Crippen LogP contribution in [0.25, 0.3) is 0 Å². The van der Waals surface area contributed by atoms with Crippen molar-refractivity contribution in [3.8, 4) is 17.8 Å². The van der Waals surface area contributed by atoms with Gasteiger partial charge in [0, 0.05) is 4.47 Å². The molecule has 0 bridgehead atoms. The highest BCUT2D eigenvalue weighted by atomic mass is 79.9. The van der Waals surface area contributed by atoms with Crippen LogP contribution in [0.1, 0.15) is 6.92 Å². The van der Waals surface area contributed by atoms with Gasteiger partial charge < -0.3 is 9.47 Å². The number of rotatable bonds is 5. The maximum atomic E-state index is 5.52. The number of nitrogen functional groups attached to an aromatic ring is 1. The Bertz CT molecular complexity index is 567. The number of nitrogens with two attached hydrogens (primary N) is 1. The summed E-state index contributed by atoms with van der Waals surface area (Å²) < 4.78 is 11.6. The summed E-state index contributed by atoms with van der Waals surface area (Å²) in [6.07, 6.45) is 0. The molecule has 2 rings (SSSR count). The fourth-order valence-electron chi connectivity index (χ4n) is 1.28. The number of benzene rings is 1. The molecule has 0 spiro atoms. The second kappa shape index (κ2) is 6.30. The van der Waals surface area contributed by atoms with Crippen LogP contribution in [-0.4, -0.2) is 21.6 Å². The summed E-state index contributed by atoms with van der Waals surface area (Å²) in [7, 11) is 0. The van der Waals surface area contributed by atoms with Crippen LogP contribution in [0.2, 0.25) is 0 Å². The lowest BCUT2D eigenvalue weighted by atomic mass is 10.3. The molecule has 0 fully saturated rings. The molecule has 0 saturated carbocycles. The second-order valence-electron chi connectivity index (χ2n) is 3.36. The summed E-state index contributed by atoms with van der Waals surface area (Å²) in [5.41, 5.74) is 2.33. The van der Waals surface area contributed by atoms with Gasteiger partial charge in [-0.1, -0.05) is 22.0 Å². The van der Waals surface area contributed by atoms with E-state index in [1.807, 2.05) is 19.1 Å². The zero-order chi connectivity index (χ0) is 13.7. The largest absolute Gasteiger partial charge is 0.464 e. The van der Waals surface area contributed by atoms with Gasteiger partial charge in [0.1, 0.15) is 5.75 Å². The van der Waals surface area contributed by atoms with Crippen molar-refractivity contribution in [2.75, 3.05) is 12.0 Å². The first kappa shape index (κ1) is 13.5. The zero-order valence-electron chi connectivity index (χ0n) is 10.1. The van der Waals surface area contributed by atoms with Gasteiger partial charge in [0.15, 0.2) is 0 Å². The molecule has 0 aliphatic heterocycles. The normalized spacial score (nSPS) is 10.1. The Kier molecular flexibility index (Phi) is 4.48. The summed E-state index contributed by atoms with van der Waals surface area (Å²) in [6, 6.07) is 7.55. The maximum Gasteiger partial charge on any atom is 0.330 e. The molecular weight excluding hydrogens is 314 g/mol. The molecule has 3 N–H and O–H groups in total. The summed E-state index contributed by atoms with van der Waals surface area (Å²) in [5, 5.41) is 0. The number of hydrogen-bond donors (Lipinski definition) is 2. The monoisotopic (exact) mass is 325 g/mol. The lowest BCUT2D eigenvalue weighted by Gasteiger charge is -2.07. The van der Waals surface area contributed by atoms with Gasteiger partial charge in [0.05, 0.1) is 6.61 Å². The van der Waals surface area contributed by atoms with Crippen molar-refractivity contribution in [1.82, 2.24) is 15.0 Å². The average Bonchev–Trinajstić information content (AvgIpc) is 2.39. The number of hydrogen-bond acceptors (Lipinski definition) is 7. The van der Waals surface area contributed by atoms with Crippen LogP contribution < -0.4 is 20.7 Å². The van der Waals surface area contributed by atoms with E-state index in [9.17, 15) is 0 Å². The summed E-state index contributed by atoms with van der Waals surface area (Å²) in [6.45, 7) is 2.26. The van der Waals surface area contributed by atoms with Gasteiger partial charge in [-0.2, -0.15) is 9.97 Å². The first-order chi connectivity index (χ1) is 9.21. The van der Waals surface area contributed by atoms with Crippen LogP contribution >= 0.6 is 15.9 Å². The molecule has 2 aromatic rings. The van der Waals surface area contributed by atoms with E-state index in [1.54, 1.807) is 12.1 Å². The van der Waals surface area contributed by atoms with Crippen molar-refractivity contribution in [3.63, 3.8) is 0 Å². The summed E-state index contributed by atoms with van der Waals surface area (Å²) in [5.74, 6) is 6.04. The van der Waals surface area contributed by atoms with E-state index in [0.29, 0.717) is 12.4 Å². The predicted octanol–water partition coefficient (Wildman–Crippen LogP) is 2.11. The van der Waals surface area contributed by atoms with Gasteiger partial charge in [-0.05, 0) is 25.1 Å². The Balaban J connectivity index is 2.26. The second-order valence-corrected chi connectivity index (χ2v) is 4.28. The van der Waals surface area contributed by atoms with E-state index in [4.69, 9.17) is 15.3 Å². The molecule has 0 aliphatic rings. The van der Waals surface area contributed by atoms with Crippen molar-refractivity contribution in [3.05, 3.63) is 28.7 Å². The molecule has 1 aromatic carbocycles. The Morgan fingerprint density at radius 1 is 1.26 bits per heavy atom. The summed E-state index contributed by atoms with van der Waals surface area (Å²) in [4.78, 5) is 11.9. The van der Waals surface area contributed by atoms with Crippen molar-refractivity contribution >= 4 is 21.9 Å². The number of ether oxygens (including phenoxy) is 2. The van der Waals surface area contributed by atoms with Gasteiger partial charge in [0.2, 0.25) is 5.95 Å². The van der Waals surface area contributed by atoms with Crippen LogP contribution in [0.3, 0.4) is 0 Å². The van der Waals surface area contributed by atoms with E-state index in [1.165, 1.54) is 0 Å². The number of nitrogens with zero attached hydrogens (tertiary/aromatic N) is 3. The third kappa shape index (κ3) is 3.76. The fraction of sp³-hybridized carbons (Fsp3) is 0.182. The standard InChI is InChI=1S/C11H12BrN5O2/c1-2-18-10-14-9(17-13)15-11(16-10)19-8-5-3-4-7(12)6-8/h3-6H,2,13H2,1H3,(H,14,15,16,17). The fourth-order valence-corrected chi connectivity index (χ4v) is 1.66. The minimum absolute atomic E-state index is 0.101. The first-order valence-electron chi connectivity index (χ1n) is 5.50. The average molecular weight is 326 g/mol. The SMILES string of the molecule is CCOc1nc(NN)nc(Oc2cccc(Br)c2)n1. The van der Waals surface area contributed by atoms with Crippen LogP contribution in [0.5, 0.6) is 17.8 Å². The first-order valence-corrected chi connectivity index (χ1v) is 6.29. The van der Waals surface area contributed by atoms with E-state index in [2.05, 4.69) is 36.3 Å². The van der Waals surface area contributed by atoms with Crippen LogP contribution in [-0.2, 0) is 0 Å². The number of aromatic nitrogens is 3. The van der Waals surface area contributed by atoms with Crippen molar-refractivity contribution < 1.29 is 9.47 Å². The molecule has 0 amide bonds. The van der Waals surface area contributed by atoms with Gasteiger partial charge in [-0.25, -0.2) is 5.84 Å². The molecular formula is C11H12BrN5O2. The Hall–Kier alpha value is -1.93. The lowest BCUT2D eigenvalue weighted by Crippen LogP contribution is -2.12. The van der Waals surface area contributed by atoms with Gasteiger partial charge in [-0.3, -0.25) is 5.43 Å². The Labute approximate surface area is 118 Å². The Morgan fingerprint density at radius 2 is 2.05 bits per heavy atom. The Morgan fingerprint density at radius 3 is 2.74 bits per heavy atom. The minimum Gasteiger partial charge on any atom is -0.464 e. The maximum absolute atomic E-state index is 5.52. The molecule has 0 aliphatic carbocycles.